The SMILES string of the molecule is CC(C)(C)CC(=O)NCCC(O)C(=O)O. The van der Waals surface area contributed by atoms with E-state index in [1.165, 1.54) is 0 Å². The van der Waals surface area contributed by atoms with Crippen molar-refractivity contribution in [3.63, 3.8) is 0 Å². The van der Waals surface area contributed by atoms with Crippen molar-refractivity contribution in [2.24, 2.45) is 5.41 Å². The van der Waals surface area contributed by atoms with Gasteiger partial charge in [0.05, 0.1) is 0 Å². The normalized spacial score (nSPS) is 13.3. The van der Waals surface area contributed by atoms with E-state index in [-0.39, 0.29) is 24.3 Å². The molecule has 5 nitrogen and oxygen atoms in total. The predicted octanol–water partition coefficient (Wildman–Crippen LogP) is 0.374. The van der Waals surface area contributed by atoms with Gasteiger partial charge in [0, 0.05) is 19.4 Å². The van der Waals surface area contributed by atoms with Gasteiger partial charge in [-0.3, -0.25) is 4.79 Å². The Morgan fingerprint density at radius 1 is 1.33 bits per heavy atom. The van der Waals surface area contributed by atoms with Gasteiger partial charge in [-0.1, -0.05) is 20.8 Å². The number of aliphatic carboxylic acids is 1. The van der Waals surface area contributed by atoms with E-state index in [1.807, 2.05) is 20.8 Å². The molecule has 0 aromatic rings. The van der Waals surface area contributed by atoms with Crippen molar-refractivity contribution in [3.05, 3.63) is 0 Å². The Labute approximate surface area is 89.5 Å². The summed E-state index contributed by atoms with van der Waals surface area (Å²) < 4.78 is 0. The molecule has 0 bridgehead atoms. The average molecular weight is 217 g/mol. The summed E-state index contributed by atoms with van der Waals surface area (Å²) in [6, 6.07) is 0. The fourth-order valence-corrected chi connectivity index (χ4v) is 1.02. The summed E-state index contributed by atoms with van der Waals surface area (Å²) in [5, 5.41) is 19.9. The Morgan fingerprint density at radius 3 is 2.27 bits per heavy atom. The van der Waals surface area contributed by atoms with Crippen LogP contribution in [-0.2, 0) is 9.59 Å². The zero-order valence-electron chi connectivity index (χ0n) is 9.41. The molecule has 0 rings (SSSR count). The molecule has 0 aromatic carbocycles. The lowest BCUT2D eigenvalue weighted by Crippen LogP contribution is -2.32. The minimum absolute atomic E-state index is 0.0330. The first-order valence-electron chi connectivity index (χ1n) is 4.90. The van der Waals surface area contributed by atoms with Crippen LogP contribution in [0.15, 0.2) is 0 Å². The second kappa shape index (κ2) is 5.70. The molecule has 3 N–H and O–H groups in total. The van der Waals surface area contributed by atoms with E-state index in [4.69, 9.17) is 10.2 Å². The Kier molecular flexibility index (Phi) is 5.28. The second-order valence-electron chi connectivity index (χ2n) is 4.73. The molecule has 15 heavy (non-hydrogen) atoms. The van der Waals surface area contributed by atoms with Gasteiger partial charge in [0.1, 0.15) is 0 Å². The Morgan fingerprint density at radius 2 is 1.87 bits per heavy atom. The predicted molar refractivity (Wildman–Crippen MR) is 55.3 cm³/mol. The molecule has 0 aliphatic rings. The molecule has 0 spiro atoms. The molecule has 88 valence electrons. The second-order valence-corrected chi connectivity index (χ2v) is 4.73. The fourth-order valence-electron chi connectivity index (χ4n) is 1.02. The molecule has 0 saturated heterocycles. The highest BCUT2D eigenvalue weighted by molar-refractivity contribution is 5.76. The van der Waals surface area contributed by atoms with Gasteiger partial charge in [-0.15, -0.1) is 0 Å². The van der Waals surface area contributed by atoms with Crippen LogP contribution in [0.2, 0.25) is 0 Å². The molecular formula is C10H19NO4. The van der Waals surface area contributed by atoms with Gasteiger partial charge in [-0.05, 0) is 5.41 Å². The number of aliphatic hydroxyl groups is 1. The maximum Gasteiger partial charge on any atom is 0.332 e. The number of carboxylic acids is 1. The number of nitrogens with one attached hydrogen (secondary N) is 1. The van der Waals surface area contributed by atoms with E-state index in [9.17, 15) is 9.59 Å². The molecule has 1 unspecified atom stereocenters. The van der Waals surface area contributed by atoms with E-state index in [0.29, 0.717) is 6.42 Å². The summed E-state index contributed by atoms with van der Waals surface area (Å²) in [4.78, 5) is 21.5. The fraction of sp³-hybridized carbons (Fsp3) is 0.800. The number of carbonyl (C=O) groups excluding carboxylic acids is 1. The summed E-state index contributed by atoms with van der Waals surface area (Å²) in [5.74, 6) is -1.39. The number of hydrogen-bond donors (Lipinski definition) is 3. The molecule has 0 aromatic heterocycles. The summed E-state index contributed by atoms with van der Waals surface area (Å²) >= 11 is 0. The molecule has 0 saturated carbocycles. The summed E-state index contributed by atoms with van der Waals surface area (Å²) in [6.45, 7) is 6.01. The van der Waals surface area contributed by atoms with Crippen LogP contribution in [0.3, 0.4) is 0 Å². The lowest BCUT2D eigenvalue weighted by Gasteiger charge is -2.17. The zero-order chi connectivity index (χ0) is 12.1. The summed E-state index contributed by atoms with van der Waals surface area (Å²) in [6.07, 6.45) is -0.985. The van der Waals surface area contributed by atoms with Crippen LogP contribution in [0.1, 0.15) is 33.6 Å². The maximum absolute atomic E-state index is 11.3. The molecule has 5 heteroatoms. The minimum Gasteiger partial charge on any atom is -0.479 e. The first kappa shape index (κ1) is 13.9. The smallest absolute Gasteiger partial charge is 0.332 e. The Hall–Kier alpha value is -1.10. The van der Waals surface area contributed by atoms with Gasteiger partial charge >= 0.3 is 5.97 Å². The number of amides is 1. The van der Waals surface area contributed by atoms with Crippen molar-refractivity contribution >= 4 is 11.9 Å². The van der Waals surface area contributed by atoms with Crippen molar-refractivity contribution in [2.45, 2.75) is 39.7 Å². The quantitative estimate of drug-likeness (QED) is 0.621. The van der Waals surface area contributed by atoms with Crippen molar-refractivity contribution in [3.8, 4) is 0 Å². The van der Waals surface area contributed by atoms with Gasteiger partial charge in [0.25, 0.3) is 0 Å². The summed E-state index contributed by atoms with van der Waals surface area (Å²) in [5.41, 5.74) is -0.0878. The molecule has 0 aliphatic carbocycles. The molecule has 0 fully saturated rings. The highest BCUT2D eigenvalue weighted by atomic mass is 16.4. The standard InChI is InChI=1S/C10H19NO4/c1-10(2,3)6-8(13)11-5-4-7(12)9(14)15/h7,12H,4-6H2,1-3H3,(H,11,13)(H,14,15). The van der Waals surface area contributed by atoms with Crippen LogP contribution < -0.4 is 5.32 Å². The average Bonchev–Trinajstić information content (AvgIpc) is 2.00. The number of rotatable bonds is 5. The van der Waals surface area contributed by atoms with Gasteiger partial charge in [-0.25, -0.2) is 4.79 Å². The third kappa shape index (κ3) is 7.93. The Balaban J connectivity index is 3.69. The third-order valence-corrected chi connectivity index (χ3v) is 1.72. The van der Waals surface area contributed by atoms with Gasteiger partial charge in [0.2, 0.25) is 5.91 Å². The molecule has 0 radical (unpaired) electrons. The first-order valence-corrected chi connectivity index (χ1v) is 4.90. The van der Waals surface area contributed by atoms with Gasteiger partial charge < -0.3 is 15.5 Å². The summed E-state index contributed by atoms with van der Waals surface area (Å²) in [7, 11) is 0. The van der Waals surface area contributed by atoms with Crippen LogP contribution in [0.4, 0.5) is 0 Å². The third-order valence-electron chi connectivity index (χ3n) is 1.72. The maximum atomic E-state index is 11.3. The van der Waals surface area contributed by atoms with Crippen LogP contribution in [-0.4, -0.2) is 34.7 Å². The lowest BCUT2D eigenvalue weighted by molar-refractivity contribution is -0.147. The number of carbonyl (C=O) groups is 2. The first-order chi connectivity index (χ1) is 6.72. The highest BCUT2D eigenvalue weighted by Crippen LogP contribution is 2.17. The molecule has 0 heterocycles. The van der Waals surface area contributed by atoms with Crippen molar-refractivity contribution < 1.29 is 19.8 Å². The Bertz CT molecular complexity index is 232. The molecule has 1 atom stereocenters. The topological polar surface area (TPSA) is 86.6 Å². The van der Waals surface area contributed by atoms with Crippen LogP contribution in [0.25, 0.3) is 0 Å². The lowest BCUT2D eigenvalue weighted by atomic mass is 9.92. The van der Waals surface area contributed by atoms with E-state index >= 15 is 0 Å². The number of hydrogen-bond acceptors (Lipinski definition) is 3. The van der Waals surface area contributed by atoms with E-state index < -0.39 is 12.1 Å². The van der Waals surface area contributed by atoms with Gasteiger partial charge in [-0.2, -0.15) is 0 Å². The number of carboxylic acid groups (broad SMARTS) is 1. The van der Waals surface area contributed by atoms with E-state index in [0.717, 1.165) is 0 Å². The minimum atomic E-state index is -1.40. The number of aliphatic hydroxyl groups excluding tert-OH is 1. The van der Waals surface area contributed by atoms with E-state index in [1.54, 1.807) is 0 Å². The van der Waals surface area contributed by atoms with Crippen LogP contribution in [0, 0.1) is 5.41 Å². The van der Waals surface area contributed by atoms with Crippen molar-refractivity contribution in [1.82, 2.24) is 5.32 Å². The molecule has 0 aliphatic heterocycles. The van der Waals surface area contributed by atoms with Crippen molar-refractivity contribution in [2.75, 3.05) is 6.54 Å². The van der Waals surface area contributed by atoms with Crippen LogP contribution >= 0.6 is 0 Å². The van der Waals surface area contributed by atoms with Crippen LogP contribution in [0.5, 0.6) is 0 Å². The van der Waals surface area contributed by atoms with Gasteiger partial charge in [0.15, 0.2) is 6.10 Å². The van der Waals surface area contributed by atoms with Crippen molar-refractivity contribution in [1.29, 1.82) is 0 Å². The molecule has 1 amide bonds. The zero-order valence-corrected chi connectivity index (χ0v) is 9.41. The monoisotopic (exact) mass is 217 g/mol. The molecular weight excluding hydrogens is 198 g/mol. The largest absolute Gasteiger partial charge is 0.479 e. The van der Waals surface area contributed by atoms with E-state index in [2.05, 4.69) is 5.32 Å². The highest BCUT2D eigenvalue weighted by Gasteiger charge is 2.17.